The Kier molecular flexibility index (Phi) is 5.15. The molecule has 4 rings (SSSR count). The second kappa shape index (κ2) is 7.59. The number of nitrogens with zero attached hydrogens (tertiary/aromatic N) is 3. The van der Waals surface area contributed by atoms with Crippen molar-refractivity contribution in [2.75, 3.05) is 13.1 Å². The summed E-state index contributed by atoms with van der Waals surface area (Å²) in [5.41, 5.74) is 1.67. The summed E-state index contributed by atoms with van der Waals surface area (Å²) in [7, 11) is 0. The minimum absolute atomic E-state index is 0.172. The van der Waals surface area contributed by atoms with E-state index in [1.54, 1.807) is 6.20 Å². The van der Waals surface area contributed by atoms with Crippen molar-refractivity contribution in [3.63, 3.8) is 0 Å². The molecule has 1 saturated heterocycles. The van der Waals surface area contributed by atoms with Crippen molar-refractivity contribution >= 4 is 5.91 Å². The molecular weight excluding hydrogens is 354 g/mol. The molecule has 0 saturated carbocycles. The molecule has 0 aliphatic carbocycles. The van der Waals surface area contributed by atoms with E-state index in [1.165, 1.54) is 11.1 Å². The van der Waals surface area contributed by atoms with Gasteiger partial charge in [0.05, 0.1) is 12.1 Å². The zero-order valence-corrected chi connectivity index (χ0v) is 16.7. The van der Waals surface area contributed by atoms with Gasteiger partial charge in [-0.25, -0.2) is 4.98 Å². The number of piperidine rings is 1. The lowest BCUT2D eigenvalue weighted by Gasteiger charge is -2.38. The summed E-state index contributed by atoms with van der Waals surface area (Å²) in [4.78, 5) is 18.8. The van der Waals surface area contributed by atoms with Crippen molar-refractivity contribution in [2.24, 2.45) is 0 Å². The normalized spacial score (nSPS) is 20.7. The quantitative estimate of drug-likeness (QED) is 0.861. The number of carbonyl (C=O) groups excluding carboxylic acids is 1. The van der Waals surface area contributed by atoms with Crippen LogP contribution in [0.5, 0.6) is 5.75 Å². The van der Waals surface area contributed by atoms with E-state index in [2.05, 4.69) is 24.0 Å². The first-order valence-electron chi connectivity index (χ1n) is 10.2. The molecule has 1 amide bonds. The Balaban J connectivity index is 1.27. The number of amides is 1. The van der Waals surface area contributed by atoms with Gasteiger partial charge in [-0.1, -0.05) is 12.1 Å². The topological polar surface area (TPSA) is 67.6 Å². The first-order valence-corrected chi connectivity index (χ1v) is 10.2. The van der Waals surface area contributed by atoms with Gasteiger partial charge in [0.2, 0.25) is 5.91 Å². The van der Waals surface area contributed by atoms with Gasteiger partial charge in [-0.3, -0.25) is 4.79 Å². The van der Waals surface area contributed by atoms with Crippen LogP contribution in [0, 0.1) is 6.92 Å². The maximum atomic E-state index is 12.6. The number of benzene rings is 1. The standard InChI is InChI=1S/C22H29N3O3/c1-16-13-19-14-18(3-5-20(19)28-16)4-6-21(26)24-10-7-22(27,8-11-24)15-25-12-9-23-17(25)2/h3,5,9,12,14,16,27H,4,6-8,10-11,13,15H2,1-2H3/t16-/m1/s1. The van der Waals surface area contributed by atoms with E-state index in [9.17, 15) is 9.90 Å². The zero-order valence-electron chi connectivity index (χ0n) is 16.7. The predicted octanol–water partition coefficient (Wildman–Crippen LogP) is 2.50. The number of hydrogen-bond acceptors (Lipinski definition) is 4. The summed E-state index contributed by atoms with van der Waals surface area (Å²) in [6.07, 6.45) is 7.29. The monoisotopic (exact) mass is 383 g/mol. The van der Waals surface area contributed by atoms with Crippen molar-refractivity contribution in [3.8, 4) is 5.75 Å². The zero-order chi connectivity index (χ0) is 19.7. The molecule has 150 valence electrons. The van der Waals surface area contributed by atoms with Crippen LogP contribution in [0.4, 0.5) is 0 Å². The van der Waals surface area contributed by atoms with Crippen LogP contribution in [0.2, 0.25) is 0 Å². The van der Waals surface area contributed by atoms with Gasteiger partial charge in [-0.2, -0.15) is 0 Å². The van der Waals surface area contributed by atoms with Gasteiger partial charge in [-0.05, 0) is 50.3 Å². The first-order chi connectivity index (χ1) is 13.4. The van der Waals surface area contributed by atoms with E-state index in [-0.39, 0.29) is 12.0 Å². The van der Waals surface area contributed by atoms with E-state index in [0.717, 1.165) is 24.4 Å². The fraction of sp³-hybridized carbons (Fsp3) is 0.545. The molecule has 0 spiro atoms. The summed E-state index contributed by atoms with van der Waals surface area (Å²) in [5, 5.41) is 10.9. The number of fused-ring (bicyclic) bond motifs is 1. The third-order valence-electron chi connectivity index (χ3n) is 6.02. The van der Waals surface area contributed by atoms with E-state index in [0.29, 0.717) is 38.9 Å². The van der Waals surface area contributed by atoms with Gasteiger partial charge in [0, 0.05) is 38.3 Å². The van der Waals surface area contributed by atoms with Crippen LogP contribution in [0.3, 0.4) is 0 Å². The number of likely N-dealkylation sites (tertiary alicyclic amines) is 1. The number of aliphatic hydroxyl groups is 1. The number of ether oxygens (including phenoxy) is 1. The summed E-state index contributed by atoms with van der Waals surface area (Å²) in [6, 6.07) is 6.26. The smallest absolute Gasteiger partial charge is 0.222 e. The van der Waals surface area contributed by atoms with Gasteiger partial charge >= 0.3 is 0 Å². The molecule has 1 aromatic carbocycles. The Hall–Kier alpha value is -2.34. The molecule has 0 radical (unpaired) electrons. The van der Waals surface area contributed by atoms with Crippen LogP contribution >= 0.6 is 0 Å². The van der Waals surface area contributed by atoms with E-state index in [4.69, 9.17) is 4.74 Å². The molecule has 1 aromatic heterocycles. The maximum Gasteiger partial charge on any atom is 0.222 e. The molecule has 1 atom stereocenters. The summed E-state index contributed by atoms with van der Waals surface area (Å²) >= 11 is 0. The Morgan fingerprint density at radius 2 is 2.14 bits per heavy atom. The van der Waals surface area contributed by atoms with Crippen LogP contribution in [0.15, 0.2) is 30.6 Å². The second-order valence-electron chi connectivity index (χ2n) is 8.28. The highest BCUT2D eigenvalue weighted by Crippen LogP contribution is 2.30. The van der Waals surface area contributed by atoms with Crippen LogP contribution in [-0.2, 0) is 24.2 Å². The van der Waals surface area contributed by atoms with Crippen molar-refractivity contribution in [3.05, 3.63) is 47.5 Å². The number of carbonyl (C=O) groups is 1. The number of aromatic nitrogens is 2. The van der Waals surface area contributed by atoms with Crippen LogP contribution in [-0.4, -0.2) is 50.3 Å². The molecule has 3 heterocycles. The molecule has 1 fully saturated rings. The van der Waals surface area contributed by atoms with E-state index >= 15 is 0 Å². The predicted molar refractivity (Wildman–Crippen MR) is 106 cm³/mol. The van der Waals surface area contributed by atoms with Gasteiger partial charge in [0.1, 0.15) is 17.7 Å². The molecular formula is C22H29N3O3. The second-order valence-corrected chi connectivity index (χ2v) is 8.28. The fourth-order valence-electron chi connectivity index (χ4n) is 4.26. The van der Waals surface area contributed by atoms with Gasteiger partial charge < -0.3 is 19.3 Å². The lowest BCUT2D eigenvalue weighted by atomic mass is 9.91. The number of hydrogen-bond donors (Lipinski definition) is 1. The van der Waals surface area contributed by atoms with Crippen LogP contribution in [0.25, 0.3) is 0 Å². The highest BCUT2D eigenvalue weighted by molar-refractivity contribution is 5.76. The summed E-state index contributed by atoms with van der Waals surface area (Å²) in [5.74, 6) is 2.05. The summed E-state index contributed by atoms with van der Waals surface area (Å²) < 4.78 is 7.72. The number of rotatable bonds is 5. The minimum atomic E-state index is -0.765. The number of imidazole rings is 1. The Bertz CT molecular complexity index is 852. The van der Waals surface area contributed by atoms with Crippen LogP contribution < -0.4 is 4.74 Å². The average molecular weight is 383 g/mol. The minimum Gasteiger partial charge on any atom is -0.490 e. The molecule has 1 N–H and O–H groups in total. The van der Waals surface area contributed by atoms with Gasteiger partial charge in [0.25, 0.3) is 0 Å². The van der Waals surface area contributed by atoms with Crippen molar-refractivity contribution in [1.29, 1.82) is 0 Å². The Labute approximate surface area is 166 Å². The fourth-order valence-corrected chi connectivity index (χ4v) is 4.26. The molecule has 2 aliphatic heterocycles. The highest BCUT2D eigenvalue weighted by atomic mass is 16.5. The lowest BCUT2D eigenvalue weighted by Crippen LogP contribution is -2.48. The molecule has 2 aliphatic rings. The maximum absolute atomic E-state index is 12.6. The van der Waals surface area contributed by atoms with E-state index in [1.807, 2.05) is 28.7 Å². The number of aryl methyl sites for hydroxylation is 2. The first kappa shape index (κ1) is 19.0. The van der Waals surface area contributed by atoms with E-state index < -0.39 is 5.60 Å². The van der Waals surface area contributed by atoms with Crippen molar-refractivity contribution in [1.82, 2.24) is 14.5 Å². The Morgan fingerprint density at radius 3 is 2.86 bits per heavy atom. The van der Waals surface area contributed by atoms with Crippen LogP contribution in [0.1, 0.15) is 43.1 Å². The average Bonchev–Trinajstić information content (AvgIpc) is 3.24. The largest absolute Gasteiger partial charge is 0.490 e. The highest BCUT2D eigenvalue weighted by Gasteiger charge is 2.34. The lowest BCUT2D eigenvalue weighted by molar-refractivity contribution is -0.135. The Morgan fingerprint density at radius 1 is 1.36 bits per heavy atom. The third kappa shape index (κ3) is 4.07. The molecule has 0 unspecified atom stereocenters. The van der Waals surface area contributed by atoms with Gasteiger partial charge in [-0.15, -0.1) is 0 Å². The molecule has 28 heavy (non-hydrogen) atoms. The van der Waals surface area contributed by atoms with Crippen molar-refractivity contribution in [2.45, 2.75) is 64.2 Å². The van der Waals surface area contributed by atoms with Gasteiger partial charge in [0.15, 0.2) is 0 Å². The molecule has 6 heteroatoms. The molecule has 2 aromatic rings. The summed E-state index contributed by atoms with van der Waals surface area (Å²) in [6.45, 7) is 5.77. The molecule has 6 nitrogen and oxygen atoms in total. The molecule has 0 bridgehead atoms. The van der Waals surface area contributed by atoms with Crippen molar-refractivity contribution < 1.29 is 14.6 Å². The third-order valence-corrected chi connectivity index (χ3v) is 6.02. The SMILES string of the molecule is Cc1nccn1CC1(O)CCN(C(=O)CCc2ccc3c(c2)C[C@@H](C)O3)CC1.